The molecule has 1 saturated heterocycles. The maximum atomic E-state index is 12.4. The SMILES string of the molecule is Cc1cc(S(=O)(=O)N2CCC(CO)CC2)sc1Cl. The highest BCUT2D eigenvalue weighted by molar-refractivity contribution is 7.91. The molecule has 18 heavy (non-hydrogen) atoms. The lowest BCUT2D eigenvalue weighted by Crippen LogP contribution is -2.38. The van der Waals surface area contributed by atoms with Gasteiger partial charge in [0.05, 0.1) is 4.34 Å². The van der Waals surface area contributed by atoms with Crippen LogP contribution in [0.3, 0.4) is 0 Å². The average Bonchev–Trinajstić information content (AvgIpc) is 2.70. The van der Waals surface area contributed by atoms with E-state index in [4.69, 9.17) is 16.7 Å². The third-order valence-corrected chi connectivity index (χ3v) is 7.16. The third kappa shape index (κ3) is 2.72. The van der Waals surface area contributed by atoms with Crippen LogP contribution in [0.15, 0.2) is 10.3 Å². The number of nitrogens with zero attached hydrogens (tertiary/aromatic N) is 1. The first-order chi connectivity index (χ1) is 8.45. The van der Waals surface area contributed by atoms with Gasteiger partial charge >= 0.3 is 0 Å². The second-order valence-electron chi connectivity index (χ2n) is 4.55. The van der Waals surface area contributed by atoms with E-state index in [2.05, 4.69) is 0 Å². The summed E-state index contributed by atoms with van der Waals surface area (Å²) in [5.74, 6) is 0.227. The molecule has 1 N–H and O–H groups in total. The monoisotopic (exact) mass is 309 g/mol. The van der Waals surface area contributed by atoms with Gasteiger partial charge in [0.1, 0.15) is 4.21 Å². The smallest absolute Gasteiger partial charge is 0.252 e. The zero-order chi connectivity index (χ0) is 13.3. The van der Waals surface area contributed by atoms with Crippen molar-refractivity contribution in [1.82, 2.24) is 4.31 Å². The Hall–Kier alpha value is -0.140. The molecule has 102 valence electrons. The van der Waals surface area contributed by atoms with Gasteiger partial charge in [0, 0.05) is 19.7 Å². The first-order valence-corrected chi connectivity index (χ1v) is 8.45. The van der Waals surface area contributed by atoms with Gasteiger partial charge in [0.15, 0.2) is 0 Å². The summed E-state index contributed by atoms with van der Waals surface area (Å²) in [5.41, 5.74) is 0.797. The Balaban J connectivity index is 2.17. The highest BCUT2D eigenvalue weighted by atomic mass is 35.5. The van der Waals surface area contributed by atoms with Crippen molar-refractivity contribution >= 4 is 33.0 Å². The molecular formula is C11H16ClNO3S2. The van der Waals surface area contributed by atoms with Crippen molar-refractivity contribution in [3.8, 4) is 0 Å². The van der Waals surface area contributed by atoms with Gasteiger partial charge in [0.2, 0.25) is 0 Å². The van der Waals surface area contributed by atoms with E-state index < -0.39 is 10.0 Å². The topological polar surface area (TPSA) is 57.6 Å². The second-order valence-corrected chi connectivity index (χ2v) is 8.37. The van der Waals surface area contributed by atoms with Gasteiger partial charge in [-0.2, -0.15) is 4.31 Å². The molecule has 0 bridgehead atoms. The summed E-state index contributed by atoms with van der Waals surface area (Å²) in [6, 6.07) is 1.63. The summed E-state index contributed by atoms with van der Waals surface area (Å²) in [4.78, 5) is 0. The number of halogens is 1. The summed E-state index contributed by atoms with van der Waals surface area (Å²) in [6.07, 6.45) is 1.43. The van der Waals surface area contributed by atoms with Crippen LogP contribution in [0.2, 0.25) is 4.34 Å². The van der Waals surface area contributed by atoms with Crippen molar-refractivity contribution in [3.63, 3.8) is 0 Å². The quantitative estimate of drug-likeness (QED) is 0.930. The Kier molecular flexibility index (Phi) is 4.33. The van der Waals surface area contributed by atoms with Crippen LogP contribution in [0.5, 0.6) is 0 Å². The standard InChI is InChI=1S/C11H16ClNO3S2/c1-8-6-10(17-11(8)12)18(15,16)13-4-2-9(7-14)3-5-13/h6,9,14H,2-5,7H2,1H3. The first kappa shape index (κ1) is 14.3. The Morgan fingerprint density at radius 3 is 2.56 bits per heavy atom. The van der Waals surface area contributed by atoms with Gasteiger partial charge in [-0.1, -0.05) is 11.6 Å². The number of piperidine rings is 1. The number of rotatable bonds is 3. The number of aliphatic hydroxyl groups is 1. The van der Waals surface area contributed by atoms with Crippen molar-refractivity contribution in [2.24, 2.45) is 5.92 Å². The zero-order valence-electron chi connectivity index (χ0n) is 10.1. The Labute approximate surface area is 116 Å². The molecule has 0 unspecified atom stereocenters. The van der Waals surface area contributed by atoms with E-state index in [1.165, 1.54) is 4.31 Å². The van der Waals surface area contributed by atoms with Crippen LogP contribution in [-0.4, -0.2) is 37.5 Å². The molecule has 0 radical (unpaired) electrons. The van der Waals surface area contributed by atoms with E-state index in [0.29, 0.717) is 34.5 Å². The van der Waals surface area contributed by atoms with Gasteiger partial charge in [-0.3, -0.25) is 0 Å². The van der Waals surface area contributed by atoms with Crippen LogP contribution in [0.25, 0.3) is 0 Å². The third-order valence-electron chi connectivity index (χ3n) is 3.26. The number of aliphatic hydroxyl groups excluding tert-OH is 1. The fourth-order valence-corrected chi connectivity index (χ4v) is 5.35. The predicted octanol–water partition coefficient (Wildman–Crippen LogP) is 2.10. The van der Waals surface area contributed by atoms with Crippen LogP contribution in [0.4, 0.5) is 0 Å². The normalized spacial score (nSPS) is 19.3. The molecule has 0 atom stereocenters. The van der Waals surface area contributed by atoms with Crippen LogP contribution in [0, 0.1) is 12.8 Å². The molecule has 0 spiro atoms. The van der Waals surface area contributed by atoms with Crippen LogP contribution in [0.1, 0.15) is 18.4 Å². The molecule has 4 nitrogen and oxygen atoms in total. The lowest BCUT2D eigenvalue weighted by molar-refractivity contribution is 0.170. The van der Waals surface area contributed by atoms with Gasteiger partial charge in [-0.25, -0.2) is 8.42 Å². The molecule has 0 amide bonds. The molecule has 0 aliphatic carbocycles. The minimum absolute atomic E-state index is 0.137. The van der Waals surface area contributed by atoms with E-state index in [9.17, 15) is 8.42 Å². The Bertz CT molecular complexity index is 499. The first-order valence-electron chi connectivity index (χ1n) is 5.82. The molecule has 1 aromatic heterocycles. The van der Waals surface area contributed by atoms with Crippen molar-refractivity contribution in [1.29, 1.82) is 0 Å². The average molecular weight is 310 g/mol. The molecule has 2 rings (SSSR count). The molecule has 0 saturated carbocycles. The molecule has 1 aliphatic heterocycles. The van der Waals surface area contributed by atoms with E-state index in [1.54, 1.807) is 13.0 Å². The summed E-state index contributed by atoms with van der Waals surface area (Å²) in [5, 5.41) is 9.05. The number of aryl methyl sites for hydroxylation is 1. The van der Waals surface area contributed by atoms with Gasteiger partial charge in [-0.15, -0.1) is 11.3 Å². The minimum Gasteiger partial charge on any atom is -0.396 e. The highest BCUT2D eigenvalue weighted by Gasteiger charge is 2.30. The fraction of sp³-hybridized carbons (Fsp3) is 0.636. The second kappa shape index (κ2) is 5.46. The highest BCUT2D eigenvalue weighted by Crippen LogP contribution is 2.33. The fourth-order valence-electron chi connectivity index (χ4n) is 2.02. The Morgan fingerprint density at radius 1 is 1.50 bits per heavy atom. The largest absolute Gasteiger partial charge is 0.396 e. The minimum atomic E-state index is -3.41. The van der Waals surface area contributed by atoms with Crippen molar-refractivity contribution < 1.29 is 13.5 Å². The van der Waals surface area contributed by atoms with Gasteiger partial charge in [0.25, 0.3) is 10.0 Å². The number of sulfonamides is 1. The van der Waals surface area contributed by atoms with E-state index in [0.717, 1.165) is 16.9 Å². The number of hydrogen-bond donors (Lipinski definition) is 1. The summed E-state index contributed by atoms with van der Waals surface area (Å²) in [6.45, 7) is 2.89. The molecule has 1 aromatic rings. The lowest BCUT2D eigenvalue weighted by atomic mass is 10.00. The molecule has 7 heteroatoms. The van der Waals surface area contributed by atoms with E-state index >= 15 is 0 Å². The van der Waals surface area contributed by atoms with Gasteiger partial charge < -0.3 is 5.11 Å². The molecule has 1 aliphatic rings. The van der Waals surface area contributed by atoms with Gasteiger partial charge in [-0.05, 0) is 37.3 Å². The van der Waals surface area contributed by atoms with Crippen LogP contribution >= 0.6 is 22.9 Å². The van der Waals surface area contributed by atoms with Crippen LogP contribution < -0.4 is 0 Å². The van der Waals surface area contributed by atoms with Crippen molar-refractivity contribution in [2.75, 3.05) is 19.7 Å². The van der Waals surface area contributed by atoms with Crippen molar-refractivity contribution in [3.05, 3.63) is 16.0 Å². The number of hydrogen-bond acceptors (Lipinski definition) is 4. The summed E-state index contributed by atoms with van der Waals surface area (Å²) in [7, 11) is -3.41. The zero-order valence-corrected chi connectivity index (χ0v) is 12.5. The summed E-state index contributed by atoms with van der Waals surface area (Å²) >= 11 is 7.03. The van der Waals surface area contributed by atoms with E-state index in [-0.39, 0.29) is 12.5 Å². The van der Waals surface area contributed by atoms with Crippen LogP contribution in [-0.2, 0) is 10.0 Å². The molecular weight excluding hydrogens is 294 g/mol. The molecule has 1 fully saturated rings. The summed E-state index contributed by atoms with van der Waals surface area (Å²) < 4.78 is 27.1. The lowest BCUT2D eigenvalue weighted by Gasteiger charge is -2.29. The maximum absolute atomic E-state index is 12.4. The molecule has 0 aromatic carbocycles. The Morgan fingerprint density at radius 2 is 2.11 bits per heavy atom. The van der Waals surface area contributed by atoms with Crippen molar-refractivity contribution in [2.45, 2.75) is 24.0 Å². The predicted molar refractivity (Wildman–Crippen MR) is 72.6 cm³/mol. The molecule has 2 heterocycles. The number of thiophene rings is 1. The van der Waals surface area contributed by atoms with E-state index in [1.807, 2.05) is 0 Å². The maximum Gasteiger partial charge on any atom is 0.252 e.